The Morgan fingerprint density at radius 1 is 1.19 bits per heavy atom. The molecule has 3 heterocycles. The van der Waals surface area contributed by atoms with Crippen molar-refractivity contribution in [2.45, 2.75) is 13.0 Å². The molecule has 1 aliphatic rings. The molecule has 1 saturated heterocycles. The maximum Gasteiger partial charge on any atom is 0.270 e. The molecular formula is C21H22ClN5O4. The van der Waals surface area contributed by atoms with Crippen LogP contribution in [-0.4, -0.2) is 63.3 Å². The largest absolute Gasteiger partial charge is 0.496 e. The number of non-ortho nitro benzene ring substituents is 1. The van der Waals surface area contributed by atoms with Gasteiger partial charge in [-0.3, -0.25) is 19.8 Å². The monoisotopic (exact) mass is 443 g/mol. The van der Waals surface area contributed by atoms with Crippen LogP contribution >= 0.6 is 11.6 Å². The van der Waals surface area contributed by atoms with Gasteiger partial charge < -0.3 is 14.0 Å². The summed E-state index contributed by atoms with van der Waals surface area (Å²) < 4.78 is 7.16. The molecule has 0 unspecified atom stereocenters. The first-order chi connectivity index (χ1) is 14.9. The average Bonchev–Trinajstić information content (AvgIpc) is 3.00. The van der Waals surface area contributed by atoms with Crippen molar-refractivity contribution in [3.63, 3.8) is 0 Å². The van der Waals surface area contributed by atoms with E-state index < -0.39 is 4.92 Å². The Morgan fingerprint density at radius 3 is 2.81 bits per heavy atom. The van der Waals surface area contributed by atoms with Gasteiger partial charge in [0.05, 0.1) is 28.3 Å². The minimum atomic E-state index is -0.511. The number of fused-ring (bicyclic) bond motifs is 1. The third kappa shape index (κ3) is 4.62. The number of hydrogen-bond acceptors (Lipinski definition) is 6. The van der Waals surface area contributed by atoms with Gasteiger partial charge in [-0.2, -0.15) is 0 Å². The van der Waals surface area contributed by atoms with Crippen molar-refractivity contribution >= 4 is 28.8 Å². The van der Waals surface area contributed by atoms with Gasteiger partial charge in [-0.15, -0.1) is 0 Å². The molecule has 162 valence electrons. The van der Waals surface area contributed by atoms with Crippen molar-refractivity contribution in [2.75, 3.05) is 33.3 Å². The number of imidazole rings is 1. The molecule has 0 atom stereocenters. The molecule has 0 N–H and O–H groups in total. The van der Waals surface area contributed by atoms with Crippen molar-refractivity contribution in [3.05, 3.63) is 69.1 Å². The molecule has 3 aromatic rings. The van der Waals surface area contributed by atoms with Crippen LogP contribution in [0.2, 0.25) is 5.02 Å². The number of nitro groups is 1. The Kier molecular flexibility index (Phi) is 6.06. The lowest BCUT2D eigenvalue weighted by molar-refractivity contribution is -0.384. The highest BCUT2D eigenvalue weighted by Crippen LogP contribution is 2.26. The standard InChI is InChI=1S/C21H22ClN5O4/c1-31-19-5-4-17(27(29)30)11-18(19)21(28)25-8-2-7-24(9-10-25)13-16-14-26-12-15(22)3-6-20(26)23-16/h3-6,11-12,14H,2,7-10,13H2,1H3. The maximum absolute atomic E-state index is 13.1. The number of aromatic nitrogens is 2. The molecule has 1 amide bonds. The van der Waals surface area contributed by atoms with Crippen LogP contribution in [0, 0.1) is 10.1 Å². The molecule has 1 aromatic carbocycles. The topological polar surface area (TPSA) is 93.2 Å². The van der Waals surface area contributed by atoms with E-state index in [4.69, 9.17) is 16.3 Å². The number of hydrogen-bond donors (Lipinski definition) is 0. The Morgan fingerprint density at radius 2 is 2.03 bits per heavy atom. The van der Waals surface area contributed by atoms with Crippen molar-refractivity contribution < 1.29 is 14.5 Å². The second-order valence-corrected chi connectivity index (χ2v) is 7.85. The van der Waals surface area contributed by atoms with E-state index in [1.54, 1.807) is 4.90 Å². The zero-order chi connectivity index (χ0) is 22.0. The van der Waals surface area contributed by atoms with Gasteiger partial charge in [-0.1, -0.05) is 11.6 Å². The van der Waals surface area contributed by atoms with Crippen LogP contribution in [0.25, 0.3) is 5.65 Å². The smallest absolute Gasteiger partial charge is 0.270 e. The molecule has 2 aromatic heterocycles. The highest BCUT2D eigenvalue weighted by atomic mass is 35.5. The van der Waals surface area contributed by atoms with Crippen molar-refractivity contribution in [2.24, 2.45) is 0 Å². The second-order valence-electron chi connectivity index (χ2n) is 7.41. The summed E-state index contributed by atoms with van der Waals surface area (Å²) in [5.41, 5.74) is 1.85. The molecule has 0 radical (unpaired) electrons. The minimum absolute atomic E-state index is 0.132. The van der Waals surface area contributed by atoms with Crippen LogP contribution in [0.1, 0.15) is 22.5 Å². The first-order valence-electron chi connectivity index (χ1n) is 9.92. The summed E-state index contributed by atoms with van der Waals surface area (Å²) in [6, 6.07) is 7.77. The number of pyridine rings is 1. The number of amides is 1. The normalized spacial score (nSPS) is 15.1. The van der Waals surface area contributed by atoms with Crippen molar-refractivity contribution in [1.29, 1.82) is 0 Å². The number of halogens is 1. The van der Waals surface area contributed by atoms with Crippen molar-refractivity contribution in [3.8, 4) is 5.75 Å². The lowest BCUT2D eigenvalue weighted by Crippen LogP contribution is -2.35. The molecule has 4 rings (SSSR count). The molecule has 1 fully saturated rings. The quantitative estimate of drug-likeness (QED) is 0.444. The fourth-order valence-electron chi connectivity index (χ4n) is 3.80. The SMILES string of the molecule is COc1ccc([N+](=O)[O-])cc1C(=O)N1CCCN(Cc2cn3cc(Cl)ccc3n2)CC1. The Bertz CT molecular complexity index is 1130. The number of ether oxygens (including phenoxy) is 1. The summed E-state index contributed by atoms with van der Waals surface area (Å²) >= 11 is 6.04. The summed E-state index contributed by atoms with van der Waals surface area (Å²) in [7, 11) is 1.45. The number of carbonyl (C=O) groups excluding carboxylic acids is 1. The maximum atomic E-state index is 13.1. The fraction of sp³-hybridized carbons (Fsp3) is 0.333. The van der Waals surface area contributed by atoms with Crippen LogP contribution in [0.3, 0.4) is 0 Å². The number of methoxy groups -OCH3 is 1. The van der Waals surface area contributed by atoms with Gasteiger partial charge in [0, 0.05) is 57.3 Å². The predicted molar refractivity (Wildman–Crippen MR) is 116 cm³/mol. The van der Waals surface area contributed by atoms with E-state index in [1.165, 1.54) is 25.3 Å². The highest BCUT2D eigenvalue weighted by molar-refractivity contribution is 6.30. The third-order valence-corrected chi connectivity index (χ3v) is 5.57. The molecule has 0 aliphatic carbocycles. The summed E-state index contributed by atoms with van der Waals surface area (Å²) in [5, 5.41) is 11.8. The third-order valence-electron chi connectivity index (χ3n) is 5.35. The van der Waals surface area contributed by atoms with E-state index in [0.717, 1.165) is 24.3 Å². The molecule has 10 heteroatoms. The van der Waals surface area contributed by atoms with Gasteiger partial charge >= 0.3 is 0 Å². The van der Waals surface area contributed by atoms with Crippen LogP contribution in [0.15, 0.2) is 42.7 Å². The highest BCUT2D eigenvalue weighted by Gasteiger charge is 2.25. The fourth-order valence-corrected chi connectivity index (χ4v) is 3.97. The molecule has 0 saturated carbocycles. The van der Waals surface area contributed by atoms with E-state index in [9.17, 15) is 14.9 Å². The van der Waals surface area contributed by atoms with E-state index in [-0.39, 0.29) is 17.2 Å². The molecule has 0 spiro atoms. The summed E-state index contributed by atoms with van der Waals surface area (Å²) in [4.78, 5) is 32.3. The van der Waals surface area contributed by atoms with Crippen LogP contribution in [0.5, 0.6) is 5.75 Å². The van der Waals surface area contributed by atoms with Crippen LogP contribution < -0.4 is 4.74 Å². The summed E-state index contributed by atoms with van der Waals surface area (Å²) in [6.07, 6.45) is 4.58. The molecule has 31 heavy (non-hydrogen) atoms. The first kappa shape index (κ1) is 21.1. The average molecular weight is 444 g/mol. The van der Waals surface area contributed by atoms with Gasteiger partial charge in [0.2, 0.25) is 0 Å². The Balaban J connectivity index is 1.45. The van der Waals surface area contributed by atoms with Gasteiger partial charge in [-0.05, 0) is 24.6 Å². The van der Waals surface area contributed by atoms with E-state index >= 15 is 0 Å². The number of nitro benzene ring substituents is 1. The second kappa shape index (κ2) is 8.91. The van der Waals surface area contributed by atoms with Gasteiger partial charge in [0.25, 0.3) is 11.6 Å². The Hall–Kier alpha value is -3.17. The zero-order valence-electron chi connectivity index (χ0n) is 17.0. The van der Waals surface area contributed by atoms with E-state index in [0.29, 0.717) is 37.0 Å². The van der Waals surface area contributed by atoms with Gasteiger partial charge in [0.15, 0.2) is 0 Å². The summed E-state index contributed by atoms with van der Waals surface area (Å²) in [5.74, 6) is 0.0739. The number of nitrogens with zero attached hydrogens (tertiary/aromatic N) is 5. The van der Waals surface area contributed by atoms with E-state index in [1.807, 2.05) is 28.9 Å². The molecule has 0 bridgehead atoms. The van der Waals surface area contributed by atoms with E-state index in [2.05, 4.69) is 9.88 Å². The Labute approximate surface area is 183 Å². The van der Waals surface area contributed by atoms with Crippen molar-refractivity contribution in [1.82, 2.24) is 19.2 Å². The number of rotatable bonds is 5. The van der Waals surface area contributed by atoms with Crippen LogP contribution in [0.4, 0.5) is 5.69 Å². The predicted octanol–water partition coefficient (Wildman–Crippen LogP) is 3.25. The molecule has 1 aliphatic heterocycles. The molecular weight excluding hydrogens is 422 g/mol. The van der Waals surface area contributed by atoms with Gasteiger partial charge in [-0.25, -0.2) is 4.98 Å². The van der Waals surface area contributed by atoms with Gasteiger partial charge in [0.1, 0.15) is 11.4 Å². The lowest BCUT2D eigenvalue weighted by atomic mass is 10.1. The summed E-state index contributed by atoms with van der Waals surface area (Å²) in [6.45, 7) is 3.26. The minimum Gasteiger partial charge on any atom is -0.496 e. The zero-order valence-corrected chi connectivity index (χ0v) is 17.8. The van der Waals surface area contributed by atoms with Crippen LogP contribution in [-0.2, 0) is 6.54 Å². The number of carbonyl (C=O) groups is 1. The number of benzene rings is 1. The lowest BCUT2D eigenvalue weighted by Gasteiger charge is -2.22. The first-order valence-corrected chi connectivity index (χ1v) is 10.3. The molecule has 9 nitrogen and oxygen atoms in total.